The third-order valence-corrected chi connectivity index (χ3v) is 7.17. The molecule has 0 fully saturated rings. The van der Waals surface area contributed by atoms with E-state index >= 15 is 0 Å². The lowest BCUT2D eigenvalue weighted by Crippen LogP contribution is -2.39. The molecule has 1 N–H and O–H groups in total. The zero-order chi connectivity index (χ0) is 24.7. The maximum atomic E-state index is 14.2. The van der Waals surface area contributed by atoms with Crippen LogP contribution in [0, 0.1) is 5.41 Å². The van der Waals surface area contributed by atoms with Crippen LogP contribution in [-0.4, -0.2) is 18.8 Å². The van der Waals surface area contributed by atoms with Crippen LogP contribution in [0.15, 0.2) is 88.5 Å². The molecule has 0 spiro atoms. The van der Waals surface area contributed by atoms with E-state index in [0.29, 0.717) is 17.6 Å². The Morgan fingerprint density at radius 3 is 2.37 bits per heavy atom. The van der Waals surface area contributed by atoms with Crippen molar-refractivity contribution in [3.63, 3.8) is 0 Å². The normalized spacial score (nSPS) is 18.8. The van der Waals surface area contributed by atoms with Gasteiger partial charge in [0, 0.05) is 27.7 Å². The van der Waals surface area contributed by atoms with Gasteiger partial charge in [0.25, 0.3) is 5.91 Å². The van der Waals surface area contributed by atoms with Crippen molar-refractivity contribution in [3.8, 4) is 5.75 Å². The van der Waals surface area contributed by atoms with Crippen LogP contribution >= 0.6 is 15.9 Å². The van der Waals surface area contributed by atoms with E-state index in [-0.39, 0.29) is 17.1 Å². The van der Waals surface area contributed by atoms with Gasteiger partial charge in [0.15, 0.2) is 5.78 Å². The maximum Gasteiger partial charge on any atom is 0.259 e. The van der Waals surface area contributed by atoms with E-state index < -0.39 is 6.04 Å². The Balaban J connectivity index is 1.77. The SMILES string of the molecule is COc1ccc([C@@H]2C3=C(CC(C)(C)CC3=O)Nc3ccccc3N2C(=O)c2ccc(Br)cc2)cc1. The van der Waals surface area contributed by atoms with E-state index in [4.69, 9.17) is 4.74 Å². The monoisotopic (exact) mass is 530 g/mol. The minimum atomic E-state index is -0.577. The second-order valence-corrected chi connectivity index (χ2v) is 10.7. The fraction of sp³-hybridized carbons (Fsp3) is 0.241. The smallest absolute Gasteiger partial charge is 0.259 e. The molecule has 1 aliphatic heterocycles. The molecular weight excluding hydrogens is 504 g/mol. The van der Waals surface area contributed by atoms with Gasteiger partial charge in [0.1, 0.15) is 5.75 Å². The standard InChI is InChI=1S/C29H27BrN2O3/c1-29(2)16-23-26(25(33)17-29)27(18-10-14-21(35-3)15-11-18)32(24-7-5-4-6-22(24)31-23)28(34)19-8-12-20(30)13-9-19/h4-15,27,31H,16-17H2,1-3H3/t27-/m1/s1. The summed E-state index contributed by atoms with van der Waals surface area (Å²) >= 11 is 3.46. The Hall–Kier alpha value is -3.38. The number of rotatable bonds is 3. The molecule has 0 bridgehead atoms. The van der Waals surface area contributed by atoms with E-state index in [1.54, 1.807) is 24.1 Å². The number of fused-ring (bicyclic) bond motifs is 1. The third kappa shape index (κ3) is 4.39. The first kappa shape index (κ1) is 23.4. The number of carbonyl (C=O) groups is 2. The van der Waals surface area contributed by atoms with Crippen LogP contribution in [0.25, 0.3) is 0 Å². The van der Waals surface area contributed by atoms with Crippen molar-refractivity contribution in [1.29, 1.82) is 0 Å². The van der Waals surface area contributed by atoms with E-state index in [1.807, 2.05) is 60.7 Å². The molecule has 178 valence electrons. The van der Waals surface area contributed by atoms with Gasteiger partial charge in [-0.3, -0.25) is 14.5 Å². The molecular formula is C29H27BrN2O3. The quantitative estimate of drug-likeness (QED) is 0.399. The summed E-state index contributed by atoms with van der Waals surface area (Å²) in [6, 6.07) is 22.1. The van der Waals surface area contributed by atoms with Gasteiger partial charge in [-0.1, -0.05) is 54.0 Å². The number of hydrogen-bond donors (Lipinski definition) is 1. The highest BCUT2D eigenvalue weighted by Crippen LogP contribution is 2.48. The first-order chi connectivity index (χ1) is 16.8. The van der Waals surface area contributed by atoms with Crippen LogP contribution in [0.5, 0.6) is 5.75 Å². The van der Waals surface area contributed by atoms with E-state index in [9.17, 15) is 9.59 Å². The van der Waals surface area contributed by atoms with E-state index in [2.05, 4.69) is 35.1 Å². The summed E-state index contributed by atoms with van der Waals surface area (Å²) in [5.41, 5.74) is 4.31. The summed E-state index contributed by atoms with van der Waals surface area (Å²) in [5, 5.41) is 3.55. The van der Waals surface area contributed by atoms with Gasteiger partial charge < -0.3 is 10.1 Å². The number of hydrogen-bond acceptors (Lipinski definition) is 4. The average Bonchev–Trinajstić information content (AvgIpc) is 2.97. The molecule has 5 rings (SSSR count). The number of amides is 1. The Morgan fingerprint density at radius 2 is 1.69 bits per heavy atom. The lowest BCUT2D eigenvalue weighted by molar-refractivity contribution is -0.118. The number of ketones is 1. The number of benzene rings is 3. The highest BCUT2D eigenvalue weighted by Gasteiger charge is 2.43. The molecule has 0 unspecified atom stereocenters. The van der Waals surface area contributed by atoms with Crippen LogP contribution in [0.3, 0.4) is 0 Å². The van der Waals surface area contributed by atoms with Crippen molar-refractivity contribution < 1.29 is 14.3 Å². The number of halogens is 1. The van der Waals surface area contributed by atoms with Crippen molar-refractivity contribution in [1.82, 2.24) is 0 Å². The summed E-state index contributed by atoms with van der Waals surface area (Å²) < 4.78 is 6.27. The number of methoxy groups -OCH3 is 1. The largest absolute Gasteiger partial charge is 0.497 e. The van der Waals surface area contributed by atoms with Crippen molar-refractivity contribution in [2.75, 3.05) is 17.3 Å². The minimum Gasteiger partial charge on any atom is -0.497 e. The number of Topliss-reactive ketones (excluding diaryl/α,β-unsaturated/α-hetero) is 1. The molecule has 0 radical (unpaired) electrons. The topological polar surface area (TPSA) is 58.6 Å². The Morgan fingerprint density at radius 1 is 1.00 bits per heavy atom. The van der Waals surface area contributed by atoms with Crippen molar-refractivity contribution in [2.24, 2.45) is 5.41 Å². The lowest BCUT2D eigenvalue weighted by Gasteiger charge is -2.37. The molecule has 3 aromatic carbocycles. The summed E-state index contributed by atoms with van der Waals surface area (Å²) in [7, 11) is 1.62. The van der Waals surface area contributed by atoms with Crippen LogP contribution in [0.1, 0.15) is 48.7 Å². The van der Waals surface area contributed by atoms with Gasteiger partial charge >= 0.3 is 0 Å². The second-order valence-electron chi connectivity index (χ2n) is 9.83. The second kappa shape index (κ2) is 9.00. The maximum absolute atomic E-state index is 14.2. The van der Waals surface area contributed by atoms with Gasteiger partial charge in [0.05, 0.1) is 24.5 Å². The zero-order valence-electron chi connectivity index (χ0n) is 20.0. The van der Waals surface area contributed by atoms with Gasteiger partial charge in [-0.25, -0.2) is 0 Å². The van der Waals surface area contributed by atoms with Crippen LogP contribution in [-0.2, 0) is 4.79 Å². The third-order valence-electron chi connectivity index (χ3n) is 6.64. The molecule has 5 nitrogen and oxygen atoms in total. The van der Waals surface area contributed by atoms with Crippen molar-refractivity contribution >= 4 is 39.0 Å². The number of para-hydroxylation sites is 2. The molecule has 0 saturated carbocycles. The summed E-state index contributed by atoms with van der Waals surface area (Å²) in [6.07, 6.45) is 1.15. The summed E-state index contributed by atoms with van der Waals surface area (Å²) in [5.74, 6) is 0.613. The molecule has 1 aliphatic carbocycles. The average molecular weight is 531 g/mol. The predicted octanol–water partition coefficient (Wildman–Crippen LogP) is 6.91. The zero-order valence-corrected chi connectivity index (χ0v) is 21.6. The lowest BCUT2D eigenvalue weighted by atomic mass is 9.73. The molecule has 2 aliphatic rings. The molecule has 35 heavy (non-hydrogen) atoms. The Bertz CT molecular complexity index is 1330. The highest BCUT2D eigenvalue weighted by molar-refractivity contribution is 9.10. The van der Waals surface area contributed by atoms with Gasteiger partial charge in [-0.2, -0.15) is 0 Å². The van der Waals surface area contributed by atoms with Crippen LogP contribution in [0.2, 0.25) is 0 Å². The Kier molecular flexibility index (Phi) is 6.01. The van der Waals surface area contributed by atoms with Crippen molar-refractivity contribution in [2.45, 2.75) is 32.7 Å². The van der Waals surface area contributed by atoms with E-state index in [1.165, 1.54) is 0 Å². The number of nitrogens with zero attached hydrogens (tertiary/aromatic N) is 1. The molecule has 6 heteroatoms. The molecule has 0 saturated heterocycles. The van der Waals surface area contributed by atoms with Gasteiger partial charge in [-0.15, -0.1) is 0 Å². The number of carbonyl (C=O) groups excluding carboxylic acids is 2. The first-order valence-electron chi connectivity index (χ1n) is 11.6. The van der Waals surface area contributed by atoms with Gasteiger partial charge in [0.2, 0.25) is 0 Å². The van der Waals surface area contributed by atoms with Crippen LogP contribution < -0.4 is 15.0 Å². The number of nitrogens with one attached hydrogen (secondary N) is 1. The van der Waals surface area contributed by atoms with E-state index in [0.717, 1.165) is 39.3 Å². The molecule has 1 atom stereocenters. The minimum absolute atomic E-state index is 0.0611. The fourth-order valence-electron chi connectivity index (χ4n) is 5.04. The number of ether oxygens (including phenoxy) is 1. The molecule has 1 amide bonds. The van der Waals surface area contributed by atoms with Crippen LogP contribution in [0.4, 0.5) is 11.4 Å². The number of anilines is 2. The first-order valence-corrected chi connectivity index (χ1v) is 12.4. The highest BCUT2D eigenvalue weighted by atomic mass is 79.9. The molecule has 1 heterocycles. The van der Waals surface area contributed by atoms with Gasteiger partial charge in [-0.05, 0) is 65.9 Å². The van der Waals surface area contributed by atoms with Crippen molar-refractivity contribution in [3.05, 3.63) is 99.7 Å². The molecule has 0 aromatic heterocycles. The molecule has 3 aromatic rings. The summed E-state index contributed by atoms with van der Waals surface area (Å²) in [4.78, 5) is 29.7. The fourth-order valence-corrected chi connectivity index (χ4v) is 5.31. The predicted molar refractivity (Wildman–Crippen MR) is 142 cm³/mol. The summed E-state index contributed by atoms with van der Waals surface area (Å²) in [6.45, 7) is 4.22. The number of allylic oxidation sites excluding steroid dienone is 1. The Labute approximate surface area is 213 Å².